The van der Waals surface area contributed by atoms with Crippen LogP contribution in [0.4, 0.5) is 0 Å². The first-order valence-electron chi connectivity index (χ1n) is 8.90. The van der Waals surface area contributed by atoms with E-state index in [1.165, 1.54) is 18.4 Å². The fourth-order valence-corrected chi connectivity index (χ4v) is 4.09. The van der Waals surface area contributed by atoms with Crippen molar-refractivity contribution in [2.45, 2.75) is 84.3 Å². The highest BCUT2D eigenvalue weighted by atomic mass is 17.2. The van der Waals surface area contributed by atoms with Crippen LogP contribution >= 0.6 is 0 Å². The monoisotopic (exact) mass is 324 g/mol. The van der Waals surface area contributed by atoms with Crippen LogP contribution in [0.25, 0.3) is 0 Å². The lowest BCUT2D eigenvalue weighted by atomic mass is 9.64. The molecule has 1 N–H and O–H groups in total. The van der Waals surface area contributed by atoms with Crippen molar-refractivity contribution in [3.05, 3.63) is 12.2 Å². The van der Waals surface area contributed by atoms with E-state index in [1.54, 1.807) is 6.92 Å². The van der Waals surface area contributed by atoms with Gasteiger partial charge < -0.3 is 5.11 Å². The van der Waals surface area contributed by atoms with Crippen LogP contribution in [0.2, 0.25) is 0 Å². The van der Waals surface area contributed by atoms with Gasteiger partial charge in [0, 0.05) is 0 Å². The summed E-state index contributed by atoms with van der Waals surface area (Å²) < 4.78 is 0. The van der Waals surface area contributed by atoms with Gasteiger partial charge >= 0.3 is 5.97 Å². The quantitative estimate of drug-likeness (QED) is 0.586. The molecule has 2 rings (SSSR count). The van der Waals surface area contributed by atoms with Crippen molar-refractivity contribution in [1.82, 2.24) is 0 Å². The van der Waals surface area contributed by atoms with Gasteiger partial charge in [0.2, 0.25) is 0 Å². The summed E-state index contributed by atoms with van der Waals surface area (Å²) in [7, 11) is 0. The molecule has 1 unspecified atom stereocenters. The third-order valence-electron chi connectivity index (χ3n) is 5.99. The summed E-state index contributed by atoms with van der Waals surface area (Å²) in [6, 6.07) is 0. The summed E-state index contributed by atoms with van der Waals surface area (Å²) in [4.78, 5) is 22.1. The van der Waals surface area contributed by atoms with Gasteiger partial charge in [-0.3, -0.25) is 4.79 Å². The molecule has 0 bridgehead atoms. The van der Waals surface area contributed by atoms with Crippen LogP contribution < -0.4 is 0 Å². The molecule has 2 aliphatic rings. The Hall–Kier alpha value is -0.870. The zero-order valence-electron chi connectivity index (χ0n) is 15.1. The SMILES string of the molecule is C=C1CCCC(C)(C)C1CC[C@@]1(C)CC[C@H]([C@@H](C)C(=O)O)OO1. The molecule has 0 amide bonds. The predicted octanol–water partition coefficient (Wildman–Crippen LogP) is 4.74. The van der Waals surface area contributed by atoms with Gasteiger partial charge in [0.25, 0.3) is 0 Å². The topological polar surface area (TPSA) is 55.8 Å². The van der Waals surface area contributed by atoms with E-state index in [1.807, 2.05) is 0 Å². The summed E-state index contributed by atoms with van der Waals surface area (Å²) in [5, 5.41) is 9.08. The Morgan fingerprint density at radius 1 is 1.39 bits per heavy atom. The highest BCUT2D eigenvalue weighted by molar-refractivity contribution is 5.70. The highest BCUT2D eigenvalue weighted by Gasteiger charge is 2.40. The molecular formula is C19H32O4. The fraction of sp³-hybridized carbons (Fsp3) is 0.842. The number of hydrogen-bond donors (Lipinski definition) is 1. The van der Waals surface area contributed by atoms with Gasteiger partial charge in [-0.05, 0) is 70.1 Å². The number of aliphatic carboxylic acids is 1. The first kappa shape index (κ1) is 18.5. The van der Waals surface area contributed by atoms with Crippen molar-refractivity contribution >= 4 is 5.97 Å². The standard InChI is InChI=1S/C19H32O4/c1-13-7-6-10-18(3,4)15(13)8-11-19(5)12-9-16(22-23-19)14(2)17(20)21/h14-16H,1,6-12H2,2-5H3,(H,20,21)/t14-,15?,16-,19+/m1/s1. The van der Waals surface area contributed by atoms with Gasteiger partial charge in [-0.25, -0.2) is 9.78 Å². The molecule has 0 aromatic carbocycles. The van der Waals surface area contributed by atoms with Gasteiger partial charge in [-0.2, -0.15) is 0 Å². The van der Waals surface area contributed by atoms with Crippen LogP contribution in [0.15, 0.2) is 12.2 Å². The van der Waals surface area contributed by atoms with Gasteiger partial charge in [0.15, 0.2) is 0 Å². The van der Waals surface area contributed by atoms with E-state index >= 15 is 0 Å². The summed E-state index contributed by atoms with van der Waals surface area (Å²) in [6.45, 7) is 12.7. The molecule has 1 saturated heterocycles. The Bertz CT molecular complexity index is 446. The van der Waals surface area contributed by atoms with E-state index in [0.29, 0.717) is 11.3 Å². The Kier molecular flexibility index (Phi) is 5.57. The Balaban J connectivity index is 1.88. The number of carboxylic acid groups (broad SMARTS) is 1. The van der Waals surface area contributed by atoms with Gasteiger partial charge in [-0.1, -0.05) is 26.0 Å². The number of rotatable bonds is 5. The largest absolute Gasteiger partial charge is 0.481 e. The second kappa shape index (κ2) is 6.94. The van der Waals surface area contributed by atoms with Crippen LogP contribution in [-0.4, -0.2) is 22.8 Å². The van der Waals surface area contributed by atoms with Crippen molar-refractivity contribution in [2.24, 2.45) is 17.3 Å². The maximum atomic E-state index is 11.1. The maximum Gasteiger partial charge on any atom is 0.308 e. The van der Waals surface area contributed by atoms with Crippen LogP contribution in [0.1, 0.15) is 72.6 Å². The molecule has 132 valence electrons. The summed E-state index contributed by atoms with van der Waals surface area (Å²) in [6.07, 6.45) is 6.85. The van der Waals surface area contributed by atoms with Gasteiger partial charge in [0.05, 0.1) is 5.92 Å². The molecule has 4 heteroatoms. The fourth-order valence-electron chi connectivity index (χ4n) is 4.09. The summed E-state index contributed by atoms with van der Waals surface area (Å²) in [5.74, 6) is -0.827. The normalized spacial score (nSPS) is 35.7. The first-order chi connectivity index (χ1) is 10.6. The third-order valence-corrected chi connectivity index (χ3v) is 5.99. The molecule has 1 saturated carbocycles. The summed E-state index contributed by atoms with van der Waals surface area (Å²) in [5.41, 5.74) is 1.36. The summed E-state index contributed by atoms with van der Waals surface area (Å²) >= 11 is 0. The van der Waals surface area contributed by atoms with Crippen molar-refractivity contribution in [1.29, 1.82) is 0 Å². The molecule has 0 spiro atoms. The zero-order chi connectivity index (χ0) is 17.3. The van der Waals surface area contributed by atoms with E-state index in [2.05, 4.69) is 27.4 Å². The zero-order valence-corrected chi connectivity index (χ0v) is 15.1. The third kappa shape index (κ3) is 4.36. The molecule has 4 atom stereocenters. The Labute approximate surface area is 140 Å². The molecule has 1 aliphatic heterocycles. The van der Waals surface area contributed by atoms with Crippen molar-refractivity contribution in [3.8, 4) is 0 Å². The molecular weight excluding hydrogens is 292 g/mol. The van der Waals surface area contributed by atoms with Crippen LogP contribution in [0.3, 0.4) is 0 Å². The lowest BCUT2D eigenvalue weighted by Gasteiger charge is -2.43. The van der Waals surface area contributed by atoms with Gasteiger partial charge in [0.1, 0.15) is 11.7 Å². The lowest BCUT2D eigenvalue weighted by Crippen LogP contribution is -2.42. The minimum absolute atomic E-state index is 0.307. The highest BCUT2D eigenvalue weighted by Crippen LogP contribution is 2.47. The second-order valence-corrected chi connectivity index (χ2v) is 8.43. The molecule has 0 aromatic heterocycles. The number of carbonyl (C=O) groups is 1. The van der Waals surface area contributed by atoms with Crippen LogP contribution in [0.5, 0.6) is 0 Å². The number of hydrogen-bond acceptors (Lipinski definition) is 3. The van der Waals surface area contributed by atoms with E-state index in [9.17, 15) is 4.79 Å². The van der Waals surface area contributed by atoms with Gasteiger partial charge in [-0.15, -0.1) is 0 Å². The minimum Gasteiger partial charge on any atom is -0.481 e. The molecule has 0 radical (unpaired) electrons. The molecule has 1 heterocycles. The average molecular weight is 324 g/mol. The number of allylic oxidation sites excluding steroid dienone is 1. The average Bonchev–Trinajstić information content (AvgIpc) is 2.46. The predicted molar refractivity (Wildman–Crippen MR) is 89.9 cm³/mol. The molecule has 1 aliphatic carbocycles. The van der Waals surface area contributed by atoms with Crippen molar-refractivity contribution in [2.75, 3.05) is 0 Å². The first-order valence-corrected chi connectivity index (χ1v) is 8.90. The molecule has 4 nitrogen and oxygen atoms in total. The van der Waals surface area contributed by atoms with Crippen molar-refractivity contribution in [3.63, 3.8) is 0 Å². The second-order valence-electron chi connectivity index (χ2n) is 8.43. The van der Waals surface area contributed by atoms with E-state index in [4.69, 9.17) is 14.9 Å². The van der Waals surface area contributed by atoms with E-state index < -0.39 is 11.9 Å². The van der Waals surface area contributed by atoms with Crippen molar-refractivity contribution < 1.29 is 19.7 Å². The van der Waals surface area contributed by atoms with E-state index in [-0.39, 0.29) is 11.7 Å². The maximum absolute atomic E-state index is 11.1. The smallest absolute Gasteiger partial charge is 0.308 e. The Morgan fingerprint density at radius 3 is 2.61 bits per heavy atom. The minimum atomic E-state index is -0.831. The van der Waals surface area contributed by atoms with E-state index in [0.717, 1.165) is 32.1 Å². The molecule has 2 fully saturated rings. The van der Waals surface area contributed by atoms with Crippen LogP contribution in [-0.2, 0) is 14.6 Å². The lowest BCUT2D eigenvalue weighted by molar-refractivity contribution is -0.411. The molecule has 23 heavy (non-hydrogen) atoms. The molecule has 0 aromatic rings. The number of carboxylic acids is 1. The van der Waals surface area contributed by atoms with Crippen LogP contribution in [0, 0.1) is 17.3 Å². The Morgan fingerprint density at radius 2 is 2.09 bits per heavy atom.